The van der Waals surface area contributed by atoms with Gasteiger partial charge in [0.1, 0.15) is 0 Å². The molecule has 0 spiro atoms. The maximum absolute atomic E-state index is 12.4. The van der Waals surface area contributed by atoms with Crippen molar-refractivity contribution in [3.05, 3.63) is 12.2 Å². The van der Waals surface area contributed by atoms with Crippen LogP contribution in [-0.4, -0.2) is 34.9 Å². The Morgan fingerprint density at radius 2 is 0.776 bits per heavy atom. The quantitative estimate of drug-likeness (QED) is 0.0441. The summed E-state index contributed by atoms with van der Waals surface area (Å²) in [6.07, 6.45) is 51.5. The molecule has 3 N–H and O–H groups in total. The lowest BCUT2D eigenvalue weighted by Crippen LogP contribution is -2.45. The van der Waals surface area contributed by atoms with Gasteiger partial charge in [0.15, 0.2) is 0 Å². The fourth-order valence-corrected chi connectivity index (χ4v) is 7.06. The highest BCUT2D eigenvalue weighted by Crippen LogP contribution is 2.16. The second-order valence-electron chi connectivity index (χ2n) is 15.5. The maximum Gasteiger partial charge on any atom is 0.220 e. The van der Waals surface area contributed by atoms with Crippen molar-refractivity contribution in [2.45, 2.75) is 264 Å². The SMILES string of the molecule is CCCCCCCCCCC/C=C\CCCCCCCC(=O)NC(CO)C(O)CCCCCCCCCCCCCCCCCCCCC. The predicted octanol–water partition coefficient (Wildman–Crippen LogP) is 13.9. The smallest absolute Gasteiger partial charge is 0.220 e. The van der Waals surface area contributed by atoms with Gasteiger partial charge in [0.2, 0.25) is 5.91 Å². The molecule has 1 amide bonds. The van der Waals surface area contributed by atoms with Crippen molar-refractivity contribution in [2.75, 3.05) is 6.61 Å². The Bertz CT molecular complexity index is 666. The Kier molecular flexibility index (Phi) is 40.8. The van der Waals surface area contributed by atoms with Gasteiger partial charge in [-0.1, -0.05) is 219 Å². The third kappa shape index (κ3) is 38.2. The first-order valence-corrected chi connectivity index (χ1v) is 22.4. The van der Waals surface area contributed by atoms with Crippen LogP contribution in [0.1, 0.15) is 251 Å². The predicted molar refractivity (Wildman–Crippen MR) is 216 cm³/mol. The van der Waals surface area contributed by atoms with E-state index >= 15 is 0 Å². The van der Waals surface area contributed by atoms with Crippen molar-refractivity contribution in [3.63, 3.8) is 0 Å². The third-order valence-electron chi connectivity index (χ3n) is 10.5. The van der Waals surface area contributed by atoms with E-state index in [1.54, 1.807) is 0 Å². The van der Waals surface area contributed by atoms with Crippen LogP contribution >= 0.6 is 0 Å². The van der Waals surface area contributed by atoms with Crippen LogP contribution in [0.25, 0.3) is 0 Å². The first-order valence-electron chi connectivity index (χ1n) is 22.4. The summed E-state index contributed by atoms with van der Waals surface area (Å²) in [5.74, 6) is -0.0364. The van der Waals surface area contributed by atoms with Crippen molar-refractivity contribution >= 4 is 5.91 Å². The molecule has 0 rings (SSSR count). The van der Waals surface area contributed by atoms with Gasteiger partial charge < -0.3 is 15.5 Å². The molecule has 2 unspecified atom stereocenters. The number of allylic oxidation sites excluding steroid dienone is 2. The number of aliphatic hydroxyl groups is 2. The van der Waals surface area contributed by atoms with Crippen LogP contribution in [0.5, 0.6) is 0 Å². The topological polar surface area (TPSA) is 69.6 Å². The molecule has 0 aromatic rings. The van der Waals surface area contributed by atoms with E-state index in [9.17, 15) is 15.0 Å². The van der Waals surface area contributed by atoms with E-state index in [4.69, 9.17) is 0 Å². The molecule has 0 aliphatic rings. The molecule has 0 bridgehead atoms. The van der Waals surface area contributed by atoms with E-state index < -0.39 is 12.1 Å². The summed E-state index contributed by atoms with van der Waals surface area (Å²) in [5.41, 5.74) is 0. The van der Waals surface area contributed by atoms with Crippen LogP contribution in [0.2, 0.25) is 0 Å². The number of nitrogens with one attached hydrogen (secondary N) is 1. The van der Waals surface area contributed by atoms with Crippen molar-refractivity contribution in [1.82, 2.24) is 5.32 Å². The van der Waals surface area contributed by atoms with Gasteiger partial charge in [0.25, 0.3) is 0 Å². The molecule has 0 saturated heterocycles. The van der Waals surface area contributed by atoms with Gasteiger partial charge in [-0.05, 0) is 38.5 Å². The van der Waals surface area contributed by atoms with Crippen molar-refractivity contribution in [1.29, 1.82) is 0 Å². The zero-order valence-corrected chi connectivity index (χ0v) is 33.5. The zero-order valence-electron chi connectivity index (χ0n) is 33.5. The Labute approximate surface area is 307 Å². The number of hydrogen-bond donors (Lipinski definition) is 3. The van der Waals surface area contributed by atoms with Gasteiger partial charge >= 0.3 is 0 Å². The van der Waals surface area contributed by atoms with E-state index in [0.29, 0.717) is 12.8 Å². The fourth-order valence-electron chi connectivity index (χ4n) is 7.06. The number of unbranched alkanes of at least 4 members (excludes halogenated alkanes) is 32. The van der Waals surface area contributed by atoms with Crippen LogP contribution in [0, 0.1) is 0 Å². The van der Waals surface area contributed by atoms with Crippen molar-refractivity contribution < 1.29 is 15.0 Å². The minimum Gasteiger partial charge on any atom is -0.394 e. The summed E-state index contributed by atoms with van der Waals surface area (Å²) < 4.78 is 0. The van der Waals surface area contributed by atoms with E-state index in [-0.39, 0.29) is 12.5 Å². The Morgan fingerprint density at radius 3 is 1.12 bits per heavy atom. The molecule has 4 heteroatoms. The molecule has 292 valence electrons. The lowest BCUT2D eigenvalue weighted by Gasteiger charge is -2.22. The average Bonchev–Trinajstić information content (AvgIpc) is 3.10. The molecule has 0 radical (unpaired) electrons. The summed E-state index contributed by atoms with van der Waals surface area (Å²) >= 11 is 0. The van der Waals surface area contributed by atoms with Crippen LogP contribution in [-0.2, 0) is 4.79 Å². The van der Waals surface area contributed by atoms with Crippen LogP contribution in [0.4, 0.5) is 0 Å². The van der Waals surface area contributed by atoms with Gasteiger partial charge in [-0.15, -0.1) is 0 Å². The summed E-state index contributed by atoms with van der Waals surface area (Å²) in [5, 5.41) is 23.2. The summed E-state index contributed by atoms with van der Waals surface area (Å²) in [4.78, 5) is 12.4. The summed E-state index contributed by atoms with van der Waals surface area (Å²) in [7, 11) is 0. The highest BCUT2D eigenvalue weighted by Gasteiger charge is 2.20. The molecule has 49 heavy (non-hydrogen) atoms. The van der Waals surface area contributed by atoms with Crippen molar-refractivity contribution in [2.24, 2.45) is 0 Å². The largest absolute Gasteiger partial charge is 0.394 e. The second-order valence-corrected chi connectivity index (χ2v) is 15.5. The van der Waals surface area contributed by atoms with Gasteiger partial charge in [-0.3, -0.25) is 4.79 Å². The van der Waals surface area contributed by atoms with Crippen LogP contribution < -0.4 is 5.32 Å². The minimum atomic E-state index is -0.659. The molecule has 0 aromatic carbocycles. The minimum absolute atomic E-state index is 0.0364. The molecule has 0 saturated carbocycles. The highest BCUT2D eigenvalue weighted by molar-refractivity contribution is 5.76. The van der Waals surface area contributed by atoms with Crippen LogP contribution in [0.3, 0.4) is 0 Å². The maximum atomic E-state index is 12.4. The Hall–Kier alpha value is -0.870. The number of carbonyl (C=O) groups is 1. The summed E-state index contributed by atoms with van der Waals surface area (Å²) in [6.45, 7) is 4.37. The Morgan fingerprint density at radius 1 is 0.469 bits per heavy atom. The molecular weight excluding hydrogens is 602 g/mol. The molecule has 0 aliphatic heterocycles. The third-order valence-corrected chi connectivity index (χ3v) is 10.5. The molecular formula is C45H89NO3. The van der Waals surface area contributed by atoms with Gasteiger partial charge in [0.05, 0.1) is 18.8 Å². The molecule has 0 fully saturated rings. The zero-order chi connectivity index (χ0) is 35.7. The van der Waals surface area contributed by atoms with E-state index in [1.165, 1.54) is 199 Å². The fraction of sp³-hybridized carbons (Fsp3) is 0.933. The van der Waals surface area contributed by atoms with Crippen LogP contribution in [0.15, 0.2) is 12.2 Å². The molecule has 2 atom stereocenters. The lowest BCUT2D eigenvalue weighted by molar-refractivity contribution is -0.123. The van der Waals surface area contributed by atoms with Gasteiger partial charge in [-0.25, -0.2) is 0 Å². The van der Waals surface area contributed by atoms with Gasteiger partial charge in [0, 0.05) is 6.42 Å². The van der Waals surface area contributed by atoms with E-state index in [2.05, 4.69) is 31.3 Å². The Balaban J connectivity index is 3.50. The second kappa shape index (κ2) is 41.5. The average molecular weight is 692 g/mol. The first kappa shape index (κ1) is 48.1. The molecule has 0 aliphatic carbocycles. The molecule has 0 aromatic heterocycles. The number of rotatable bonds is 41. The monoisotopic (exact) mass is 692 g/mol. The number of hydrogen-bond acceptors (Lipinski definition) is 3. The normalized spacial score (nSPS) is 13.0. The first-order chi connectivity index (χ1) is 24.2. The number of aliphatic hydroxyl groups excluding tert-OH is 2. The van der Waals surface area contributed by atoms with Gasteiger partial charge in [-0.2, -0.15) is 0 Å². The standard InChI is InChI=1S/C45H89NO3/c1-3-5-7-9-11-13-15-17-19-21-23-24-26-28-30-32-34-36-38-40-44(48)43(42-47)46-45(49)41-39-37-35-33-31-29-27-25-22-20-18-16-14-12-10-8-6-4-2/h25,27,43-44,47-48H,3-24,26,28-42H2,1-2H3,(H,46,49)/b27-25-. The summed E-state index contributed by atoms with van der Waals surface area (Å²) in [6, 6.07) is -0.537. The number of carbonyl (C=O) groups excluding carboxylic acids is 1. The van der Waals surface area contributed by atoms with Crippen molar-refractivity contribution in [3.8, 4) is 0 Å². The molecule has 4 nitrogen and oxygen atoms in total. The molecule has 0 heterocycles. The lowest BCUT2D eigenvalue weighted by atomic mass is 10.0. The van der Waals surface area contributed by atoms with E-state index in [0.717, 1.165) is 25.7 Å². The van der Waals surface area contributed by atoms with E-state index in [1.807, 2.05) is 0 Å². The number of amides is 1. The highest BCUT2D eigenvalue weighted by atomic mass is 16.3.